The zero-order valence-corrected chi connectivity index (χ0v) is 11.8. The molecule has 0 spiro atoms. The van der Waals surface area contributed by atoms with Crippen molar-refractivity contribution in [1.82, 2.24) is 20.1 Å². The van der Waals surface area contributed by atoms with Gasteiger partial charge in [0.2, 0.25) is 0 Å². The van der Waals surface area contributed by atoms with Crippen molar-refractivity contribution in [1.29, 1.82) is 0 Å². The number of carbonyl (C=O) groups excluding carboxylic acids is 1. The second-order valence-corrected chi connectivity index (χ2v) is 5.08. The van der Waals surface area contributed by atoms with Crippen molar-refractivity contribution in [2.75, 3.05) is 0 Å². The number of benzene rings is 1. The summed E-state index contributed by atoms with van der Waals surface area (Å²) in [6.45, 7) is 0.215. The standard InChI is InChI=1S/C16H10F2N4O/c17-9-3-1-4-10(18)14(9)11-7-13(22-6-2-5-20-22)15-12(21-11)8-19-16(15)23/h1-7H,8H2,(H,19,23). The number of aromatic nitrogens is 3. The van der Waals surface area contributed by atoms with Crippen LogP contribution in [0.15, 0.2) is 42.7 Å². The van der Waals surface area contributed by atoms with Crippen molar-refractivity contribution >= 4 is 5.91 Å². The van der Waals surface area contributed by atoms with Crippen molar-refractivity contribution in [3.63, 3.8) is 0 Å². The van der Waals surface area contributed by atoms with E-state index < -0.39 is 11.6 Å². The number of nitrogens with one attached hydrogen (secondary N) is 1. The predicted molar refractivity (Wildman–Crippen MR) is 77.9 cm³/mol. The van der Waals surface area contributed by atoms with E-state index in [-0.39, 0.29) is 23.7 Å². The third-order valence-corrected chi connectivity index (χ3v) is 3.69. The molecule has 3 aromatic rings. The second-order valence-electron chi connectivity index (χ2n) is 5.08. The molecule has 0 bridgehead atoms. The lowest BCUT2D eigenvalue weighted by molar-refractivity contribution is 0.0965. The van der Waals surface area contributed by atoms with E-state index in [1.165, 1.54) is 28.9 Å². The van der Waals surface area contributed by atoms with Crippen LogP contribution in [-0.4, -0.2) is 20.7 Å². The lowest BCUT2D eigenvalue weighted by Crippen LogP contribution is -2.14. The average Bonchev–Trinajstić information content (AvgIpc) is 3.17. The van der Waals surface area contributed by atoms with Gasteiger partial charge in [0.1, 0.15) is 11.6 Å². The Balaban J connectivity index is 2.01. The quantitative estimate of drug-likeness (QED) is 0.791. The molecule has 0 saturated carbocycles. The smallest absolute Gasteiger partial charge is 0.255 e. The molecule has 1 aliphatic rings. The van der Waals surface area contributed by atoms with Gasteiger partial charge in [-0.15, -0.1) is 0 Å². The first-order chi connectivity index (χ1) is 11.1. The molecular formula is C16H10F2N4O. The summed E-state index contributed by atoms with van der Waals surface area (Å²) in [7, 11) is 0. The van der Waals surface area contributed by atoms with Gasteiger partial charge in [-0.25, -0.2) is 18.4 Å². The second kappa shape index (κ2) is 4.98. The molecule has 0 saturated heterocycles. The van der Waals surface area contributed by atoms with E-state index in [2.05, 4.69) is 15.4 Å². The minimum atomic E-state index is -0.707. The first kappa shape index (κ1) is 13.6. The van der Waals surface area contributed by atoms with Gasteiger partial charge in [-0.05, 0) is 24.3 Å². The molecule has 4 rings (SSSR count). The van der Waals surface area contributed by atoms with Crippen LogP contribution >= 0.6 is 0 Å². The van der Waals surface area contributed by atoms with Crippen molar-refractivity contribution in [3.8, 4) is 16.9 Å². The third-order valence-electron chi connectivity index (χ3n) is 3.69. The lowest BCUT2D eigenvalue weighted by atomic mass is 10.1. The first-order valence-corrected chi connectivity index (χ1v) is 6.91. The van der Waals surface area contributed by atoms with Gasteiger partial charge in [-0.3, -0.25) is 4.79 Å². The highest BCUT2D eigenvalue weighted by Crippen LogP contribution is 2.30. The summed E-state index contributed by atoms with van der Waals surface area (Å²) in [5.74, 6) is -1.69. The van der Waals surface area contributed by atoms with Crippen LogP contribution in [0.1, 0.15) is 16.1 Å². The monoisotopic (exact) mass is 312 g/mol. The van der Waals surface area contributed by atoms with E-state index in [1.54, 1.807) is 18.5 Å². The van der Waals surface area contributed by atoms with E-state index in [4.69, 9.17) is 0 Å². The van der Waals surface area contributed by atoms with Crippen LogP contribution in [0.25, 0.3) is 16.9 Å². The summed E-state index contributed by atoms with van der Waals surface area (Å²) in [5.41, 5.74) is 1.16. The number of halogens is 2. The highest BCUT2D eigenvalue weighted by atomic mass is 19.1. The summed E-state index contributed by atoms with van der Waals surface area (Å²) in [6, 6.07) is 6.80. The molecule has 0 atom stereocenters. The summed E-state index contributed by atoms with van der Waals surface area (Å²) in [6.07, 6.45) is 3.21. The largest absolute Gasteiger partial charge is 0.346 e. The van der Waals surface area contributed by atoms with Crippen LogP contribution in [0.5, 0.6) is 0 Å². The SMILES string of the molecule is O=C1NCc2nc(-c3c(F)cccc3F)cc(-n3cccn3)c21. The maximum atomic E-state index is 14.1. The van der Waals surface area contributed by atoms with E-state index >= 15 is 0 Å². The van der Waals surface area contributed by atoms with Crippen LogP contribution in [0.2, 0.25) is 0 Å². The topological polar surface area (TPSA) is 59.8 Å². The van der Waals surface area contributed by atoms with Crippen molar-refractivity contribution < 1.29 is 13.6 Å². The van der Waals surface area contributed by atoms with Gasteiger partial charge in [-0.1, -0.05) is 6.07 Å². The summed E-state index contributed by atoms with van der Waals surface area (Å²) in [5, 5.41) is 6.76. The van der Waals surface area contributed by atoms with Crippen molar-refractivity contribution in [3.05, 3.63) is 65.6 Å². The Morgan fingerprint density at radius 1 is 1.13 bits per heavy atom. The molecule has 1 aromatic carbocycles. The molecule has 3 heterocycles. The number of rotatable bonds is 2. The Kier molecular flexibility index (Phi) is 2.94. The van der Waals surface area contributed by atoms with Crippen LogP contribution < -0.4 is 5.32 Å². The molecule has 0 aliphatic carbocycles. The van der Waals surface area contributed by atoms with Gasteiger partial charge >= 0.3 is 0 Å². The fourth-order valence-corrected chi connectivity index (χ4v) is 2.67. The normalized spacial score (nSPS) is 13.0. The summed E-state index contributed by atoms with van der Waals surface area (Å²) in [4.78, 5) is 16.3. The first-order valence-electron chi connectivity index (χ1n) is 6.91. The zero-order chi connectivity index (χ0) is 16.0. The fraction of sp³-hybridized carbons (Fsp3) is 0.0625. The maximum Gasteiger partial charge on any atom is 0.255 e. The van der Waals surface area contributed by atoms with Crippen molar-refractivity contribution in [2.45, 2.75) is 6.54 Å². The Morgan fingerprint density at radius 3 is 2.61 bits per heavy atom. The fourth-order valence-electron chi connectivity index (χ4n) is 2.67. The van der Waals surface area contributed by atoms with E-state index in [1.807, 2.05) is 0 Å². The number of carbonyl (C=O) groups is 1. The molecule has 0 unspecified atom stereocenters. The number of amides is 1. The number of nitrogens with zero attached hydrogens (tertiary/aromatic N) is 3. The lowest BCUT2D eigenvalue weighted by Gasteiger charge is -2.11. The Morgan fingerprint density at radius 2 is 1.91 bits per heavy atom. The number of fused-ring (bicyclic) bond motifs is 1. The Hall–Kier alpha value is -3.09. The summed E-state index contributed by atoms with van der Waals surface area (Å²) < 4.78 is 29.6. The van der Waals surface area contributed by atoms with E-state index in [0.29, 0.717) is 16.9 Å². The zero-order valence-electron chi connectivity index (χ0n) is 11.8. The van der Waals surface area contributed by atoms with Crippen LogP contribution in [-0.2, 0) is 6.54 Å². The minimum absolute atomic E-state index is 0.126. The van der Waals surface area contributed by atoms with Crippen LogP contribution in [0.3, 0.4) is 0 Å². The molecule has 1 amide bonds. The van der Waals surface area contributed by atoms with Crippen LogP contribution in [0, 0.1) is 11.6 Å². The molecule has 1 aliphatic heterocycles. The highest BCUT2D eigenvalue weighted by Gasteiger charge is 2.27. The molecule has 0 radical (unpaired) electrons. The average molecular weight is 312 g/mol. The van der Waals surface area contributed by atoms with Gasteiger partial charge in [0.15, 0.2) is 0 Å². The molecule has 5 nitrogen and oxygen atoms in total. The summed E-state index contributed by atoms with van der Waals surface area (Å²) >= 11 is 0. The predicted octanol–water partition coefficient (Wildman–Crippen LogP) is 2.46. The third kappa shape index (κ3) is 2.09. The van der Waals surface area contributed by atoms with Gasteiger partial charge in [-0.2, -0.15) is 5.10 Å². The highest BCUT2D eigenvalue weighted by molar-refractivity contribution is 6.01. The number of hydrogen-bond acceptors (Lipinski definition) is 3. The van der Waals surface area contributed by atoms with Gasteiger partial charge in [0, 0.05) is 12.4 Å². The van der Waals surface area contributed by atoms with Crippen molar-refractivity contribution in [2.24, 2.45) is 0 Å². The van der Waals surface area contributed by atoms with E-state index in [0.717, 1.165) is 0 Å². The van der Waals surface area contributed by atoms with Crippen LogP contribution in [0.4, 0.5) is 8.78 Å². The van der Waals surface area contributed by atoms with Gasteiger partial charge in [0.25, 0.3) is 5.91 Å². The molecule has 2 aromatic heterocycles. The number of hydrogen-bond donors (Lipinski definition) is 1. The van der Waals surface area contributed by atoms with Gasteiger partial charge in [0.05, 0.1) is 34.7 Å². The Bertz CT molecular complexity index is 902. The molecule has 0 fully saturated rings. The van der Waals surface area contributed by atoms with E-state index in [9.17, 15) is 13.6 Å². The molecule has 1 N–H and O–H groups in total. The molecule has 23 heavy (non-hydrogen) atoms. The Labute approximate surface area is 129 Å². The molecule has 7 heteroatoms. The maximum absolute atomic E-state index is 14.1. The number of pyridine rings is 1. The minimum Gasteiger partial charge on any atom is -0.346 e. The molecule has 114 valence electrons. The molecular weight excluding hydrogens is 302 g/mol. The van der Waals surface area contributed by atoms with Gasteiger partial charge < -0.3 is 5.32 Å².